The molecule has 3 atom stereocenters. The van der Waals surface area contributed by atoms with Crippen molar-refractivity contribution >= 4 is 21.7 Å². The van der Waals surface area contributed by atoms with Crippen LogP contribution in [0, 0.1) is 11.7 Å². The van der Waals surface area contributed by atoms with Gasteiger partial charge in [0.15, 0.2) is 9.84 Å². The zero-order chi connectivity index (χ0) is 30.8. The Kier molecular flexibility index (Phi) is 7.45. The number of halogens is 8. The van der Waals surface area contributed by atoms with Gasteiger partial charge in [0.2, 0.25) is 0 Å². The quantitative estimate of drug-likeness (QED) is 0.308. The molecule has 1 saturated carbocycles. The molecule has 0 saturated heterocycles. The van der Waals surface area contributed by atoms with Gasteiger partial charge in [0, 0.05) is 31.6 Å². The number of carbonyl (C=O) groups is 2. The number of likely N-dealkylation sites (N-methyl/N-ethyl adjacent to an activating group) is 1. The van der Waals surface area contributed by atoms with Gasteiger partial charge >= 0.3 is 29.8 Å². The summed E-state index contributed by atoms with van der Waals surface area (Å²) in [6, 6.07) is 4.18. The standard InChI is InChI=1S/C26H24F8N2O4S/c1-36(2)22(38)21(37)35-20-11-12-23(41(39,40)17-7-5-16(27)6-8-17)18-10-4-15(13-14(18)3-9-19(20)23)24(28,25(29,30)31)26(32,33)34/h4-8,10,13,19-20H,3,9,11-12H2,1-2H3,(H,35,37)/t19-,20+,23+/m0/s1. The molecule has 41 heavy (non-hydrogen) atoms. The molecular weight excluding hydrogens is 588 g/mol. The number of fused-ring (bicyclic) bond motifs is 3. The molecule has 2 aliphatic rings. The zero-order valence-corrected chi connectivity index (χ0v) is 22.4. The molecule has 0 unspecified atom stereocenters. The van der Waals surface area contributed by atoms with Crippen LogP contribution in [0.2, 0.25) is 0 Å². The molecular formula is C26H24F8N2O4S. The van der Waals surface area contributed by atoms with Crippen LogP contribution >= 0.6 is 0 Å². The van der Waals surface area contributed by atoms with Gasteiger partial charge in [-0.05, 0) is 61.1 Å². The Bertz CT molecular complexity index is 1460. The molecule has 6 nitrogen and oxygen atoms in total. The number of benzene rings is 2. The molecule has 2 amide bonds. The monoisotopic (exact) mass is 612 g/mol. The van der Waals surface area contributed by atoms with E-state index in [1.54, 1.807) is 0 Å². The molecule has 15 heteroatoms. The van der Waals surface area contributed by atoms with E-state index >= 15 is 0 Å². The van der Waals surface area contributed by atoms with Crippen molar-refractivity contribution in [3.63, 3.8) is 0 Å². The lowest BCUT2D eigenvalue weighted by atomic mass is 9.74. The second-order valence-electron chi connectivity index (χ2n) is 10.3. The number of sulfone groups is 1. The van der Waals surface area contributed by atoms with Crippen molar-refractivity contribution in [2.24, 2.45) is 5.92 Å². The summed E-state index contributed by atoms with van der Waals surface area (Å²) in [7, 11) is -1.91. The third-order valence-corrected chi connectivity index (χ3v) is 10.5. The molecule has 0 radical (unpaired) electrons. The van der Waals surface area contributed by atoms with Crippen LogP contribution in [0.4, 0.5) is 35.1 Å². The maximum atomic E-state index is 14.9. The maximum Gasteiger partial charge on any atom is 0.435 e. The molecule has 2 aromatic rings. The number of amides is 2. The van der Waals surface area contributed by atoms with Gasteiger partial charge in [-0.1, -0.05) is 18.2 Å². The van der Waals surface area contributed by atoms with E-state index in [2.05, 4.69) is 5.32 Å². The summed E-state index contributed by atoms with van der Waals surface area (Å²) in [5.74, 6) is -3.70. The second-order valence-corrected chi connectivity index (χ2v) is 12.5. The van der Waals surface area contributed by atoms with Crippen LogP contribution in [0.5, 0.6) is 0 Å². The van der Waals surface area contributed by atoms with E-state index in [9.17, 15) is 53.1 Å². The largest absolute Gasteiger partial charge is 0.435 e. The van der Waals surface area contributed by atoms with E-state index in [1.807, 2.05) is 0 Å². The number of nitrogens with one attached hydrogen (secondary N) is 1. The Hall–Kier alpha value is -3.23. The fourth-order valence-electron chi connectivity index (χ4n) is 5.99. The van der Waals surface area contributed by atoms with E-state index in [4.69, 9.17) is 0 Å². The second kappa shape index (κ2) is 9.95. The Morgan fingerprint density at radius 1 is 0.927 bits per heavy atom. The summed E-state index contributed by atoms with van der Waals surface area (Å²) in [4.78, 5) is 25.3. The smallest absolute Gasteiger partial charge is 0.345 e. The van der Waals surface area contributed by atoms with Crippen LogP contribution in [-0.4, -0.2) is 57.6 Å². The lowest BCUT2D eigenvalue weighted by Crippen LogP contribution is -2.52. The Balaban J connectivity index is 1.90. The van der Waals surface area contributed by atoms with E-state index in [-0.39, 0.29) is 47.8 Å². The van der Waals surface area contributed by atoms with E-state index in [1.165, 1.54) is 14.1 Å². The SMILES string of the molecule is CN(C)C(=O)C(=O)N[C@@H]1CC[C@@]2(S(=O)(=O)c3ccc(F)cc3)c3ccc(C(F)(C(F)(F)F)C(F)(F)F)cc3CC[C@@H]12. The summed E-state index contributed by atoms with van der Waals surface area (Å²) < 4.78 is 136. The third-order valence-electron chi connectivity index (χ3n) is 7.90. The highest BCUT2D eigenvalue weighted by Gasteiger charge is 2.73. The number of alkyl halides is 7. The van der Waals surface area contributed by atoms with Gasteiger partial charge in [0.05, 0.1) is 4.90 Å². The zero-order valence-electron chi connectivity index (χ0n) is 21.5. The molecule has 224 valence electrons. The molecule has 0 spiro atoms. The van der Waals surface area contributed by atoms with Crippen LogP contribution in [0.1, 0.15) is 36.0 Å². The van der Waals surface area contributed by atoms with E-state index in [0.29, 0.717) is 6.07 Å². The fourth-order valence-corrected chi connectivity index (χ4v) is 8.46. The predicted molar refractivity (Wildman–Crippen MR) is 128 cm³/mol. The van der Waals surface area contributed by atoms with Crippen LogP contribution < -0.4 is 5.32 Å². The first-order valence-electron chi connectivity index (χ1n) is 12.3. The van der Waals surface area contributed by atoms with Crippen molar-refractivity contribution in [2.45, 2.75) is 59.4 Å². The molecule has 1 fully saturated rings. The predicted octanol–water partition coefficient (Wildman–Crippen LogP) is 4.71. The van der Waals surface area contributed by atoms with Crippen LogP contribution in [0.15, 0.2) is 47.4 Å². The third kappa shape index (κ3) is 4.65. The normalized spacial score (nSPS) is 23.0. The van der Waals surface area contributed by atoms with E-state index < -0.39 is 67.8 Å². The minimum Gasteiger partial charge on any atom is -0.345 e. The average Bonchev–Trinajstić information content (AvgIpc) is 3.26. The molecule has 2 aromatic carbocycles. The molecule has 1 N–H and O–H groups in total. The number of carbonyl (C=O) groups excluding carboxylic acids is 2. The first-order chi connectivity index (χ1) is 18.8. The Labute approximate surface area is 229 Å². The minimum absolute atomic E-state index is 0.0170. The van der Waals surface area contributed by atoms with Crippen LogP contribution in [-0.2, 0) is 36.3 Å². The number of nitrogens with zero attached hydrogens (tertiary/aromatic N) is 1. The molecule has 0 aliphatic heterocycles. The summed E-state index contributed by atoms with van der Waals surface area (Å²) in [6.07, 6.45) is -13.4. The fraction of sp³-hybridized carbons (Fsp3) is 0.462. The van der Waals surface area contributed by atoms with Gasteiger partial charge in [-0.2, -0.15) is 26.3 Å². The van der Waals surface area contributed by atoms with Gasteiger partial charge < -0.3 is 10.2 Å². The van der Waals surface area contributed by atoms with Gasteiger partial charge in [-0.25, -0.2) is 17.2 Å². The van der Waals surface area contributed by atoms with E-state index in [0.717, 1.165) is 35.2 Å². The first-order valence-corrected chi connectivity index (χ1v) is 13.8. The van der Waals surface area contributed by atoms with Gasteiger partial charge in [0.1, 0.15) is 10.6 Å². The van der Waals surface area contributed by atoms with Crippen molar-refractivity contribution in [3.05, 3.63) is 65.0 Å². The van der Waals surface area contributed by atoms with Gasteiger partial charge in [-0.15, -0.1) is 0 Å². The summed E-state index contributed by atoms with van der Waals surface area (Å²) in [5.41, 5.74) is -7.85. The highest BCUT2D eigenvalue weighted by atomic mass is 32.2. The minimum atomic E-state index is -6.36. The summed E-state index contributed by atoms with van der Waals surface area (Å²) in [6.45, 7) is 0. The average molecular weight is 613 g/mol. The number of hydrogen-bond acceptors (Lipinski definition) is 4. The lowest BCUT2D eigenvalue weighted by molar-refractivity contribution is -0.348. The van der Waals surface area contributed by atoms with Crippen molar-refractivity contribution in [3.8, 4) is 0 Å². The van der Waals surface area contributed by atoms with Gasteiger partial charge in [-0.3, -0.25) is 9.59 Å². The maximum absolute atomic E-state index is 14.9. The Morgan fingerprint density at radius 3 is 2.05 bits per heavy atom. The van der Waals surface area contributed by atoms with Gasteiger partial charge in [0.25, 0.3) is 0 Å². The molecule has 0 bridgehead atoms. The number of hydrogen-bond donors (Lipinski definition) is 1. The van der Waals surface area contributed by atoms with Crippen molar-refractivity contribution in [2.75, 3.05) is 14.1 Å². The highest BCUT2D eigenvalue weighted by molar-refractivity contribution is 7.92. The molecule has 0 heterocycles. The summed E-state index contributed by atoms with van der Waals surface area (Å²) >= 11 is 0. The number of aryl methyl sites for hydroxylation is 1. The van der Waals surface area contributed by atoms with Crippen LogP contribution in [0.25, 0.3) is 0 Å². The summed E-state index contributed by atoms with van der Waals surface area (Å²) in [5, 5.41) is 2.51. The van der Waals surface area contributed by atoms with Crippen molar-refractivity contribution in [1.82, 2.24) is 10.2 Å². The molecule has 4 rings (SSSR count). The highest BCUT2D eigenvalue weighted by Crippen LogP contribution is 2.59. The number of rotatable bonds is 4. The lowest BCUT2D eigenvalue weighted by Gasteiger charge is -2.43. The molecule has 2 aliphatic carbocycles. The van der Waals surface area contributed by atoms with Crippen molar-refractivity contribution in [1.29, 1.82) is 0 Å². The topological polar surface area (TPSA) is 83.6 Å². The van der Waals surface area contributed by atoms with Crippen LogP contribution in [0.3, 0.4) is 0 Å². The Morgan fingerprint density at radius 2 is 1.51 bits per heavy atom. The molecule has 0 aromatic heterocycles. The van der Waals surface area contributed by atoms with Crippen molar-refractivity contribution < 1.29 is 53.1 Å². The first kappa shape index (κ1) is 30.7.